The maximum Gasteiger partial charge on any atom is 0.249 e. The molecule has 1 unspecified atom stereocenters. The van der Waals surface area contributed by atoms with E-state index in [9.17, 15) is 14.4 Å². The zero-order valence-corrected chi connectivity index (χ0v) is 11.0. The van der Waals surface area contributed by atoms with Gasteiger partial charge >= 0.3 is 0 Å². The molecule has 19 heavy (non-hydrogen) atoms. The van der Waals surface area contributed by atoms with Gasteiger partial charge in [0.2, 0.25) is 17.7 Å². The fourth-order valence-electron chi connectivity index (χ4n) is 1.79. The summed E-state index contributed by atoms with van der Waals surface area (Å²) in [6.45, 7) is 4.93. The number of carbonyl (C=O) groups excluding carboxylic acids is 3. The van der Waals surface area contributed by atoms with Gasteiger partial charge in [0.1, 0.15) is 6.04 Å². The third-order valence-corrected chi connectivity index (χ3v) is 2.87. The van der Waals surface area contributed by atoms with Crippen LogP contribution in [0.1, 0.15) is 19.8 Å². The molecule has 0 aromatic rings. The van der Waals surface area contributed by atoms with Crippen LogP contribution in [-0.2, 0) is 14.4 Å². The number of hydrogen-bond acceptors (Lipinski definition) is 4. The van der Waals surface area contributed by atoms with Crippen molar-refractivity contribution in [2.24, 2.45) is 4.99 Å². The molecule has 6 nitrogen and oxygen atoms in total. The Morgan fingerprint density at radius 1 is 1.53 bits per heavy atom. The summed E-state index contributed by atoms with van der Waals surface area (Å²) in [5.74, 6) is -0.985. The molecular formula is C13H17N3O3. The van der Waals surface area contributed by atoms with Crippen LogP contribution in [0, 0.1) is 0 Å². The van der Waals surface area contributed by atoms with Gasteiger partial charge in [-0.25, -0.2) is 0 Å². The van der Waals surface area contributed by atoms with Crippen LogP contribution in [0.5, 0.6) is 0 Å². The quantitative estimate of drug-likeness (QED) is 0.345. The fourth-order valence-corrected chi connectivity index (χ4v) is 1.79. The molecule has 0 aromatic carbocycles. The van der Waals surface area contributed by atoms with E-state index in [1.165, 1.54) is 11.1 Å². The number of imide groups is 1. The van der Waals surface area contributed by atoms with Crippen LogP contribution in [0.15, 0.2) is 28.9 Å². The third-order valence-electron chi connectivity index (χ3n) is 2.87. The molecule has 102 valence electrons. The Kier molecular flexibility index (Phi) is 5.17. The van der Waals surface area contributed by atoms with E-state index in [1.54, 1.807) is 26.1 Å². The minimum absolute atomic E-state index is 0.247. The predicted molar refractivity (Wildman–Crippen MR) is 71.4 cm³/mol. The summed E-state index contributed by atoms with van der Waals surface area (Å²) < 4.78 is 0. The molecule has 0 saturated carbocycles. The number of aliphatic imine (C=N–C) groups is 1. The molecule has 0 spiro atoms. The summed E-state index contributed by atoms with van der Waals surface area (Å²) >= 11 is 0. The normalized spacial score (nSPS) is 20.3. The smallest absolute Gasteiger partial charge is 0.249 e. The van der Waals surface area contributed by atoms with Crippen LogP contribution in [0.2, 0.25) is 0 Å². The van der Waals surface area contributed by atoms with Crippen molar-refractivity contribution in [2.75, 3.05) is 7.05 Å². The fraction of sp³-hybridized carbons (Fsp3) is 0.385. The monoisotopic (exact) mass is 263 g/mol. The van der Waals surface area contributed by atoms with Crippen molar-refractivity contribution >= 4 is 24.4 Å². The van der Waals surface area contributed by atoms with Crippen molar-refractivity contribution in [1.29, 1.82) is 0 Å². The molecule has 0 aromatic heterocycles. The van der Waals surface area contributed by atoms with Gasteiger partial charge in [-0.3, -0.25) is 24.7 Å². The number of nitrogens with one attached hydrogen (secondary N) is 1. The van der Waals surface area contributed by atoms with Crippen molar-refractivity contribution in [1.82, 2.24) is 10.2 Å². The number of piperidine rings is 1. The summed E-state index contributed by atoms with van der Waals surface area (Å²) in [6, 6.07) is -0.602. The molecule has 6 heteroatoms. The predicted octanol–water partition coefficient (Wildman–Crippen LogP) is 0.411. The van der Waals surface area contributed by atoms with Gasteiger partial charge in [-0.2, -0.15) is 0 Å². The largest absolute Gasteiger partial charge is 0.330 e. The SMILES string of the molecule is C=N/C=C\C=C(/C)C(=O)N(C)C1CCC(=O)NC1=O. The Hall–Kier alpha value is -2.24. The molecule has 1 heterocycles. The lowest BCUT2D eigenvalue weighted by molar-refractivity contribution is -0.142. The molecule has 0 bridgehead atoms. The van der Waals surface area contributed by atoms with Crippen LogP contribution in [0.25, 0.3) is 0 Å². The summed E-state index contributed by atoms with van der Waals surface area (Å²) in [7, 11) is 1.55. The highest BCUT2D eigenvalue weighted by Gasteiger charge is 2.32. The standard InChI is InChI=1S/C13H17N3O3/c1-9(5-4-8-14-2)13(19)16(3)10-6-7-11(17)15-12(10)18/h4-5,8,10H,2,6-7H2,1,3H3,(H,15,17,18)/b8-4-,9-5+. The van der Waals surface area contributed by atoms with E-state index in [4.69, 9.17) is 0 Å². The number of hydrogen-bond donors (Lipinski definition) is 1. The third kappa shape index (κ3) is 3.87. The minimum Gasteiger partial charge on any atom is -0.330 e. The van der Waals surface area contributed by atoms with Crippen LogP contribution in [0.4, 0.5) is 0 Å². The van der Waals surface area contributed by atoms with Crippen molar-refractivity contribution in [3.8, 4) is 0 Å². The van der Waals surface area contributed by atoms with E-state index in [-0.39, 0.29) is 18.2 Å². The lowest BCUT2D eigenvalue weighted by atomic mass is 10.0. The molecular weight excluding hydrogens is 246 g/mol. The first kappa shape index (κ1) is 14.8. The summed E-state index contributed by atoms with van der Waals surface area (Å²) in [4.78, 5) is 39.6. The maximum absolute atomic E-state index is 12.1. The summed E-state index contributed by atoms with van der Waals surface area (Å²) in [5, 5.41) is 2.23. The molecule has 3 amide bonds. The Balaban J connectivity index is 2.74. The molecule has 0 radical (unpaired) electrons. The Morgan fingerprint density at radius 3 is 2.79 bits per heavy atom. The van der Waals surface area contributed by atoms with Gasteiger partial charge in [-0.05, 0) is 26.1 Å². The first-order valence-electron chi connectivity index (χ1n) is 5.87. The highest BCUT2D eigenvalue weighted by Crippen LogP contribution is 2.13. The Bertz CT molecular complexity index is 466. The van der Waals surface area contributed by atoms with E-state index in [0.29, 0.717) is 12.0 Å². The van der Waals surface area contributed by atoms with Crippen molar-refractivity contribution in [2.45, 2.75) is 25.8 Å². The molecule has 0 aliphatic carbocycles. The average Bonchev–Trinajstić information content (AvgIpc) is 2.37. The van der Waals surface area contributed by atoms with Gasteiger partial charge in [-0.1, -0.05) is 6.08 Å². The lowest BCUT2D eigenvalue weighted by Crippen LogP contribution is -2.53. The van der Waals surface area contributed by atoms with E-state index in [0.717, 1.165) is 0 Å². The Morgan fingerprint density at radius 2 is 2.21 bits per heavy atom. The van der Waals surface area contributed by atoms with E-state index in [1.807, 2.05) is 0 Å². The van der Waals surface area contributed by atoms with Crippen LogP contribution >= 0.6 is 0 Å². The number of carbonyl (C=O) groups is 3. The van der Waals surface area contributed by atoms with E-state index < -0.39 is 11.9 Å². The van der Waals surface area contributed by atoms with E-state index >= 15 is 0 Å². The van der Waals surface area contributed by atoms with Gasteiger partial charge in [0, 0.05) is 25.2 Å². The first-order valence-corrected chi connectivity index (χ1v) is 5.87. The maximum atomic E-state index is 12.1. The van der Waals surface area contributed by atoms with Crippen LogP contribution in [-0.4, -0.2) is 42.4 Å². The molecule has 1 fully saturated rings. The van der Waals surface area contributed by atoms with Gasteiger partial charge in [0.15, 0.2) is 0 Å². The molecule has 1 aliphatic heterocycles. The second kappa shape index (κ2) is 6.63. The number of nitrogens with zero attached hydrogens (tertiary/aromatic N) is 2. The van der Waals surface area contributed by atoms with E-state index in [2.05, 4.69) is 17.0 Å². The first-order chi connectivity index (χ1) is 8.97. The van der Waals surface area contributed by atoms with Gasteiger partial charge in [0.05, 0.1) is 0 Å². The second-order valence-corrected chi connectivity index (χ2v) is 4.26. The topological polar surface area (TPSA) is 78.8 Å². The highest BCUT2D eigenvalue weighted by molar-refractivity contribution is 6.03. The molecule has 1 saturated heterocycles. The number of rotatable bonds is 4. The summed E-state index contributed by atoms with van der Waals surface area (Å²) in [5.41, 5.74) is 0.479. The number of amides is 3. The van der Waals surface area contributed by atoms with Crippen molar-refractivity contribution in [3.05, 3.63) is 23.9 Å². The lowest BCUT2D eigenvalue weighted by Gasteiger charge is -2.29. The molecule has 1 aliphatic rings. The van der Waals surface area contributed by atoms with Gasteiger partial charge < -0.3 is 4.90 Å². The molecule has 1 rings (SSSR count). The Labute approximate surface area is 111 Å². The second-order valence-electron chi connectivity index (χ2n) is 4.26. The van der Waals surface area contributed by atoms with Crippen molar-refractivity contribution < 1.29 is 14.4 Å². The minimum atomic E-state index is -0.602. The number of allylic oxidation sites excluding steroid dienone is 2. The average molecular weight is 263 g/mol. The van der Waals surface area contributed by atoms with Crippen LogP contribution in [0.3, 0.4) is 0 Å². The highest BCUT2D eigenvalue weighted by atomic mass is 16.2. The van der Waals surface area contributed by atoms with Gasteiger partial charge in [0.25, 0.3) is 0 Å². The summed E-state index contributed by atoms with van der Waals surface area (Å²) in [6.07, 6.45) is 5.25. The zero-order valence-electron chi connectivity index (χ0n) is 11.0. The van der Waals surface area contributed by atoms with Crippen molar-refractivity contribution in [3.63, 3.8) is 0 Å². The molecule has 1 N–H and O–H groups in total. The molecule has 1 atom stereocenters. The zero-order chi connectivity index (χ0) is 14.4. The van der Waals surface area contributed by atoms with Crippen LogP contribution < -0.4 is 5.32 Å². The van der Waals surface area contributed by atoms with Gasteiger partial charge in [-0.15, -0.1) is 0 Å². The number of likely N-dealkylation sites (N-methyl/N-ethyl adjacent to an activating group) is 1.